The van der Waals surface area contributed by atoms with Gasteiger partial charge in [0.15, 0.2) is 9.84 Å². The van der Waals surface area contributed by atoms with Crippen LogP contribution in [0.4, 0.5) is 0 Å². The summed E-state index contributed by atoms with van der Waals surface area (Å²) < 4.78 is 25.5. The third kappa shape index (κ3) is 3.16. The van der Waals surface area contributed by atoms with Crippen LogP contribution >= 0.6 is 11.3 Å². The van der Waals surface area contributed by atoms with Crippen molar-refractivity contribution < 1.29 is 8.42 Å². The molecule has 0 atom stereocenters. The van der Waals surface area contributed by atoms with Gasteiger partial charge in [0, 0.05) is 29.1 Å². The molecule has 0 aliphatic carbocycles. The summed E-state index contributed by atoms with van der Waals surface area (Å²) in [5.74, 6) is 0. The summed E-state index contributed by atoms with van der Waals surface area (Å²) in [5, 5.41) is 9.31. The van der Waals surface area contributed by atoms with E-state index in [4.69, 9.17) is 0 Å². The van der Waals surface area contributed by atoms with Crippen molar-refractivity contribution in [1.29, 1.82) is 0 Å². The molecule has 0 aliphatic rings. The van der Waals surface area contributed by atoms with Gasteiger partial charge >= 0.3 is 0 Å². The van der Waals surface area contributed by atoms with E-state index in [0.29, 0.717) is 4.90 Å². The Bertz CT molecular complexity index is 1410. The number of imidazole rings is 1. The molecule has 1 aromatic carbocycles. The molecular formula is C21H16N4O2S2. The van der Waals surface area contributed by atoms with Gasteiger partial charge < -0.3 is 0 Å². The maximum atomic E-state index is 11.7. The van der Waals surface area contributed by atoms with E-state index in [2.05, 4.69) is 31.8 Å². The number of nitrogens with one attached hydrogen (secondary N) is 1. The van der Waals surface area contributed by atoms with Crippen LogP contribution in [0, 0.1) is 0 Å². The first-order chi connectivity index (χ1) is 14.0. The number of fused-ring (bicyclic) bond motifs is 1. The Morgan fingerprint density at radius 2 is 1.79 bits per heavy atom. The zero-order valence-corrected chi connectivity index (χ0v) is 17.0. The first-order valence-corrected chi connectivity index (χ1v) is 11.6. The quantitative estimate of drug-likeness (QED) is 0.463. The fraction of sp³-hybridized carbons (Fsp3) is 0.0476. The molecule has 0 radical (unpaired) electrons. The Hall–Kier alpha value is -3.23. The summed E-state index contributed by atoms with van der Waals surface area (Å²) in [6.45, 7) is 0. The largest absolute Gasteiger partial charge is 0.298 e. The topological polar surface area (TPSA) is 80.1 Å². The predicted octanol–water partition coefficient (Wildman–Crippen LogP) is 4.52. The molecule has 0 saturated carbocycles. The molecule has 0 saturated heterocycles. The third-order valence-corrected chi connectivity index (χ3v) is 6.82. The highest BCUT2D eigenvalue weighted by Crippen LogP contribution is 2.32. The van der Waals surface area contributed by atoms with Crippen LogP contribution in [-0.4, -0.2) is 34.3 Å². The van der Waals surface area contributed by atoms with Gasteiger partial charge in [0.05, 0.1) is 33.6 Å². The van der Waals surface area contributed by atoms with E-state index in [1.54, 1.807) is 41.8 Å². The summed E-state index contributed by atoms with van der Waals surface area (Å²) in [6, 6.07) is 14.9. The summed E-state index contributed by atoms with van der Waals surface area (Å²) in [7, 11) is -3.23. The first-order valence-electron chi connectivity index (χ1n) is 8.86. The van der Waals surface area contributed by atoms with Gasteiger partial charge in [0.25, 0.3) is 0 Å². The van der Waals surface area contributed by atoms with Crippen molar-refractivity contribution in [2.75, 3.05) is 6.26 Å². The summed E-state index contributed by atoms with van der Waals surface area (Å²) >= 11 is 1.67. The van der Waals surface area contributed by atoms with Gasteiger partial charge in [-0.1, -0.05) is 18.2 Å². The molecule has 0 amide bonds. The number of pyridine rings is 1. The molecule has 4 aromatic heterocycles. The molecule has 0 aliphatic heterocycles. The van der Waals surface area contributed by atoms with Crippen molar-refractivity contribution in [1.82, 2.24) is 19.6 Å². The van der Waals surface area contributed by atoms with Crippen LogP contribution in [0.1, 0.15) is 0 Å². The van der Waals surface area contributed by atoms with Crippen molar-refractivity contribution in [3.8, 4) is 33.0 Å². The van der Waals surface area contributed by atoms with Crippen molar-refractivity contribution in [3.05, 3.63) is 72.5 Å². The fourth-order valence-corrected chi connectivity index (χ4v) is 4.70. The van der Waals surface area contributed by atoms with Gasteiger partial charge in [-0.25, -0.2) is 13.4 Å². The van der Waals surface area contributed by atoms with Crippen LogP contribution in [0.5, 0.6) is 0 Å². The van der Waals surface area contributed by atoms with E-state index >= 15 is 0 Å². The molecular weight excluding hydrogens is 404 g/mol. The Labute approximate surface area is 171 Å². The number of rotatable bonds is 4. The van der Waals surface area contributed by atoms with Gasteiger partial charge in [-0.05, 0) is 35.7 Å². The maximum absolute atomic E-state index is 11.7. The van der Waals surface area contributed by atoms with Crippen molar-refractivity contribution in [2.45, 2.75) is 4.90 Å². The van der Waals surface area contributed by atoms with Crippen molar-refractivity contribution >= 4 is 26.8 Å². The molecule has 8 heteroatoms. The van der Waals surface area contributed by atoms with E-state index in [0.717, 1.165) is 38.6 Å². The molecule has 6 nitrogen and oxygen atoms in total. The number of aromatic nitrogens is 4. The Kier molecular flexibility index (Phi) is 4.11. The monoisotopic (exact) mass is 420 g/mol. The molecule has 0 bridgehead atoms. The molecule has 0 fully saturated rings. The van der Waals surface area contributed by atoms with E-state index in [-0.39, 0.29) is 0 Å². The van der Waals surface area contributed by atoms with Gasteiger partial charge in [0.2, 0.25) is 0 Å². The second-order valence-electron chi connectivity index (χ2n) is 6.72. The lowest BCUT2D eigenvalue weighted by atomic mass is 10.0. The van der Waals surface area contributed by atoms with Crippen LogP contribution in [0.25, 0.3) is 38.6 Å². The Balaban J connectivity index is 1.60. The van der Waals surface area contributed by atoms with Crippen molar-refractivity contribution in [3.63, 3.8) is 0 Å². The molecule has 5 rings (SSSR count). The Morgan fingerprint density at radius 1 is 1.00 bits per heavy atom. The van der Waals surface area contributed by atoms with Gasteiger partial charge in [-0.15, -0.1) is 11.3 Å². The minimum Gasteiger partial charge on any atom is -0.298 e. The van der Waals surface area contributed by atoms with Crippen LogP contribution in [0.3, 0.4) is 0 Å². The van der Waals surface area contributed by atoms with Gasteiger partial charge in [-0.2, -0.15) is 5.10 Å². The number of thiophene rings is 1. The number of H-pyrrole nitrogens is 1. The lowest BCUT2D eigenvalue weighted by Gasteiger charge is -2.07. The minimum atomic E-state index is -3.23. The van der Waals surface area contributed by atoms with Gasteiger partial charge in [0.1, 0.15) is 5.65 Å². The average Bonchev–Trinajstić information content (AvgIpc) is 3.46. The van der Waals surface area contributed by atoms with Crippen LogP contribution < -0.4 is 0 Å². The second-order valence-corrected chi connectivity index (χ2v) is 9.69. The standard InChI is InChI=1S/C21H16N4O2S2/c1-29(26,27)16-7-4-14(5-8-16)21-17(11-23-24-21)15-6-9-20-22-12-18(25(20)13-15)19-3-2-10-28-19/h2-13H,1H3,(H,23,24). The van der Waals surface area contributed by atoms with E-state index in [1.165, 1.54) is 6.26 Å². The highest BCUT2D eigenvalue weighted by molar-refractivity contribution is 7.90. The summed E-state index contributed by atoms with van der Waals surface area (Å²) in [4.78, 5) is 5.95. The maximum Gasteiger partial charge on any atom is 0.175 e. The van der Waals surface area contributed by atoms with Gasteiger partial charge in [-0.3, -0.25) is 9.50 Å². The number of hydrogen-bond donors (Lipinski definition) is 1. The highest BCUT2D eigenvalue weighted by Gasteiger charge is 2.14. The SMILES string of the molecule is CS(=O)(=O)c1ccc(-c2[nH]ncc2-c2ccc3ncc(-c4cccs4)n3c2)cc1. The minimum absolute atomic E-state index is 0.294. The van der Waals surface area contributed by atoms with Crippen LogP contribution in [-0.2, 0) is 9.84 Å². The highest BCUT2D eigenvalue weighted by atomic mass is 32.2. The zero-order chi connectivity index (χ0) is 20.0. The van der Waals surface area contributed by atoms with Crippen molar-refractivity contribution in [2.24, 2.45) is 0 Å². The number of benzene rings is 1. The number of aromatic amines is 1. The van der Waals surface area contributed by atoms with Crippen LogP contribution in [0.15, 0.2) is 77.4 Å². The summed E-state index contributed by atoms with van der Waals surface area (Å²) in [6.07, 6.45) is 6.92. The molecule has 0 unspecified atom stereocenters. The molecule has 4 heterocycles. The van der Waals surface area contributed by atoms with E-state index < -0.39 is 9.84 Å². The average molecular weight is 421 g/mol. The number of sulfone groups is 1. The lowest BCUT2D eigenvalue weighted by Crippen LogP contribution is -1.96. The molecule has 1 N–H and O–H groups in total. The molecule has 5 aromatic rings. The fourth-order valence-electron chi connectivity index (χ4n) is 3.34. The van der Waals surface area contributed by atoms with Crippen LogP contribution in [0.2, 0.25) is 0 Å². The van der Waals surface area contributed by atoms with E-state index in [9.17, 15) is 8.42 Å². The zero-order valence-electron chi connectivity index (χ0n) is 15.4. The Morgan fingerprint density at radius 3 is 2.52 bits per heavy atom. The normalized spacial score (nSPS) is 11.9. The van der Waals surface area contributed by atoms with E-state index in [1.807, 2.05) is 29.8 Å². The third-order valence-electron chi connectivity index (χ3n) is 4.80. The lowest BCUT2D eigenvalue weighted by molar-refractivity contribution is 0.602. The predicted molar refractivity (Wildman–Crippen MR) is 115 cm³/mol. The summed E-state index contributed by atoms with van der Waals surface area (Å²) in [5.41, 5.74) is 5.55. The smallest absolute Gasteiger partial charge is 0.175 e. The molecule has 144 valence electrons. The molecule has 29 heavy (non-hydrogen) atoms. The number of nitrogens with zero attached hydrogens (tertiary/aromatic N) is 3. The molecule has 0 spiro atoms. The second kappa shape index (κ2) is 6.68. The first kappa shape index (κ1) is 17.8. The number of hydrogen-bond acceptors (Lipinski definition) is 5.